The van der Waals surface area contributed by atoms with E-state index < -0.39 is 12.2 Å². The first-order valence-corrected chi connectivity index (χ1v) is 8.85. The van der Waals surface area contributed by atoms with Gasteiger partial charge in [-0.2, -0.15) is 0 Å². The number of urea groups is 1. The predicted octanol–water partition coefficient (Wildman–Crippen LogP) is 1.65. The molecule has 3 heterocycles. The number of likely N-dealkylation sites (N-methyl/N-ethyl adjacent to an activating group) is 1. The van der Waals surface area contributed by atoms with Crippen LogP contribution in [0.25, 0.3) is 0 Å². The first kappa shape index (κ1) is 16.6. The molecule has 4 rings (SSSR count). The van der Waals surface area contributed by atoms with Crippen LogP contribution in [0.2, 0.25) is 0 Å². The van der Waals surface area contributed by atoms with Crippen molar-refractivity contribution < 1.29 is 9.59 Å². The summed E-state index contributed by atoms with van der Waals surface area (Å²) < 4.78 is 0. The Morgan fingerprint density at radius 3 is 2.58 bits per heavy atom. The van der Waals surface area contributed by atoms with Gasteiger partial charge in [0.2, 0.25) is 5.96 Å². The van der Waals surface area contributed by atoms with Crippen LogP contribution in [-0.2, 0) is 4.79 Å². The Labute approximate surface area is 153 Å². The molecule has 7 nitrogen and oxygen atoms in total. The van der Waals surface area contributed by atoms with Crippen molar-refractivity contribution in [3.8, 4) is 0 Å². The van der Waals surface area contributed by atoms with Crippen molar-refractivity contribution in [2.24, 2.45) is 4.99 Å². The van der Waals surface area contributed by atoms with Gasteiger partial charge in [0.1, 0.15) is 0 Å². The number of hydrogen-bond acceptors (Lipinski definition) is 5. The third kappa shape index (κ3) is 2.23. The lowest BCUT2D eigenvalue weighted by molar-refractivity contribution is -0.138. The standard InChI is InChI=1S/C19H23N5O2/c1-5-13(3)24-17(25)15-16(21(4)19(24)26)20-18-22(10-11-23(15)18)14-8-6-12(2)7-9-14/h5-9,13,15-16H,1,10-11H2,2-4H3. The minimum absolute atomic E-state index is 0.199. The Bertz CT molecular complexity index is 803. The van der Waals surface area contributed by atoms with Crippen molar-refractivity contribution in [2.45, 2.75) is 32.1 Å². The topological polar surface area (TPSA) is 59.5 Å². The number of rotatable bonds is 3. The van der Waals surface area contributed by atoms with Gasteiger partial charge in [0.15, 0.2) is 12.2 Å². The van der Waals surface area contributed by atoms with Crippen LogP contribution in [0.3, 0.4) is 0 Å². The van der Waals surface area contributed by atoms with Crippen molar-refractivity contribution in [1.29, 1.82) is 0 Å². The molecule has 0 saturated carbocycles. The molecular weight excluding hydrogens is 330 g/mol. The fraction of sp³-hybridized carbons (Fsp3) is 0.421. The van der Waals surface area contributed by atoms with Crippen LogP contribution in [0.1, 0.15) is 12.5 Å². The fourth-order valence-corrected chi connectivity index (χ4v) is 3.85. The monoisotopic (exact) mass is 353 g/mol. The number of amides is 3. The van der Waals surface area contributed by atoms with Crippen molar-refractivity contribution in [1.82, 2.24) is 14.7 Å². The van der Waals surface area contributed by atoms with Gasteiger partial charge in [-0.15, -0.1) is 6.58 Å². The molecule has 2 saturated heterocycles. The van der Waals surface area contributed by atoms with Gasteiger partial charge in [-0.1, -0.05) is 23.8 Å². The van der Waals surface area contributed by atoms with E-state index in [1.165, 1.54) is 10.5 Å². The largest absolute Gasteiger partial charge is 0.328 e. The number of guanidine groups is 1. The third-order valence-corrected chi connectivity index (χ3v) is 5.42. The second kappa shape index (κ2) is 5.86. The SMILES string of the molecule is C=CC(C)N1C(=O)C2C(N=C3N(c4ccc(C)cc4)CCN32)N(C)C1=O. The first-order valence-electron chi connectivity index (χ1n) is 8.85. The number of aliphatic imine (C=N–C) groups is 1. The Balaban J connectivity index is 1.68. The first-order chi connectivity index (χ1) is 12.4. The van der Waals surface area contributed by atoms with E-state index in [2.05, 4.69) is 42.7 Å². The van der Waals surface area contributed by atoms with Crippen LogP contribution < -0.4 is 4.90 Å². The zero-order valence-electron chi connectivity index (χ0n) is 15.3. The van der Waals surface area contributed by atoms with E-state index in [1.807, 2.05) is 4.90 Å². The minimum atomic E-state index is -0.480. The smallest absolute Gasteiger partial charge is 0.325 e. The summed E-state index contributed by atoms with van der Waals surface area (Å²) in [6.45, 7) is 9.06. The normalized spacial score (nSPS) is 26.0. The molecule has 1 aromatic carbocycles. The molecule has 2 fully saturated rings. The summed E-state index contributed by atoms with van der Waals surface area (Å²) >= 11 is 0. The fourth-order valence-electron chi connectivity index (χ4n) is 3.85. The van der Waals surface area contributed by atoms with Crippen LogP contribution in [0, 0.1) is 6.92 Å². The van der Waals surface area contributed by atoms with Gasteiger partial charge >= 0.3 is 6.03 Å². The highest BCUT2D eigenvalue weighted by Gasteiger charge is 2.55. The van der Waals surface area contributed by atoms with Gasteiger partial charge < -0.3 is 14.7 Å². The summed E-state index contributed by atoms with van der Waals surface area (Å²) in [6.07, 6.45) is 1.13. The number of imide groups is 1. The second-order valence-corrected chi connectivity index (χ2v) is 7.05. The van der Waals surface area contributed by atoms with E-state index in [-0.39, 0.29) is 18.0 Å². The molecule has 0 aliphatic carbocycles. The summed E-state index contributed by atoms with van der Waals surface area (Å²) in [5.74, 6) is 0.569. The lowest BCUT2D eigenvalue weighted by Gasteiger charge is -2.42. The number of fused-ring (bicyclic) bond motifs is 3. The second-order valence-electron chi connectivity index (χ2n) is 7.05. The van der Waals surface area contributed by atoms with Gasteiger partial charge in [0.05, 0.1) is 6.04 Å². The Hall–Kier alpha value is -2.83. The Morgan fingerprint density at radius 1 is 1.23 bits per heavy atom. The maximum Gasteiger partial charge on any atom is 0.328 e. The highest BCUT2D eigenvalue weighted by molar-refractivity contribution is 6.08. The number of anilines is 1. The molecule has 3 aliphatic rings. The molecule has 3 amide bonds. The molecule has 3 atom stereocenters. The van der Waals surface area contributed by atoms with E-state index in [9.17, 15) is 9.59 Å². The zero-order chi connectivity index (χ0) is 18.6. The minimum Gasteiger partial charge on any atom is -0.325 e. The highest BCUT2D eigenvalue weighted by atomic mass is 16.2. The summed E-state index contributed by atoms with van der Waals surface area (Å²) in [6, 6.07) is 7.11. The number of benzene rings is 1. The van der Waals surface area contributed by atoms with Crippen LogP contribution in [0.15, 0.2) is 41.9 Å². The summed E-state index contributed by atoms with van der Waals surface area (Å²) in [4.78, 5) is 37.5. The zero-order valence-corrected chi connectivity index (χ0v) is 15.3. The van der Waals surface area contributed by atoms with Gasteiger partial charge in [0.25, 0.3) is 5.91 Å². The highest BCUT2D eigenvalue weighted by Crippen LogP contribution is 2.33. The molecule has 3 unspecified atom stereocenters. The lowest BCUT2D eigenvalue weighted by atomic mass is 10.1. The molecule has 0 spiro atoms. The van der Waals surface area contributed by atoms with Crippen molar-refractivity contribution in [3.05, 3.63) is 42.5 Å². The average molecular weight is 353 g/mol. The van der Waals surface area contributed by atoms with Gasteiger partial charge in [-0.05, 0) is 26.0 Å². The van der Waals surface area contributed by atoms with Crippen LogP contribution in [0.5, 0.6) is 0 Å². The van der Waals surface area contributed by atoms with Gasteiger partial charge in [-0.3, -0.25) is 9.69 Å². The molecule has 136 valence electrons. The van der Waals surface area contributed by atoms with E-state index in [0.29, 0.717) is 6.54 Å². The molecule has 0 bridgehead atoms. The molecule has 0 N–H and O–H groups in total. The maximum absolute atomic E-state index is 13.1. The number of hydrogen-bond donors (Lipinski definition) is 0. The predicted molar refractivity (Wildman–Crippen MR) is 99.9 cm³/mol. The lowest BCUT2D eigenvalue weighted by Crippen LogP contribution is -2.66. The Kier molecular flexibility index (Phi) is 3.75. The molecule has 0 aromatic heterocycles. The molecule has 7 heteroatoms. The van der Waals surface area contributed by atoms with E-state index in [0.717, 1.165) is 18.2 Å². The molecule has 26 heavy (non-hydrogen) atoms. The van der Waals surface area contributed by atoms with Gasteiger partial charge in [0, 0.05) is 25.8 Å². The molecule has 0 radical (unpaired) electrons. The van der Waals surface area contributed by atoms with Gasteiger partial charge in [-0.25, -0.2) is 9.79 Å². The number of carbonyl (C=O) groups is 2. The molecule has 1 aromatic rings. The van der Waals surface area contributed by atoms with E-state index in [4.69, 9.17) is 4.99 Å². The summed E-state index contributed by atoms with van der Waals surface area (Å²) in [5, 5.41) is 0. The van der Waals surface area contributed by atoms with Crippen molar-refractivity contribution in [2.75, 3.05) is 25.0 Å². The maximum atomic E-state index is 13.1. The molecule has 3 aliphatic heterocycles. The van der Waals surface area contributed by atoms with Crippen LogP contribution >= 0.6 is 0 Å². The average Bonchev–Trinajstić information content (AvgIpc) is 3.20. The molecular formula is C19H23N5O2. The van der Waals surface area contributed by atoms with E-state index >= 15 is 0 Å². The number of aryl methyl sites for hydroxylation is 1. The van der Waals surface area contributed by atoms with E-state index in [1.54, 1.807) is 24.9 Å². The number of nitrogens with zero attached hydrogens (tertiary/aromatic N) is 5. The number of carbonyl (C=O) groups excluding carboxylic acids is 2. The summed E-state index contributed by atoms with van der Waals surface area (Å²) in [5.41, 5.74) is 2.25. The third-order valence-electron chi connectivity index (χ3n) is 5.42. The Morgan fingerprint density at radius 2 is 1.92 bits per heavy atom. The van der Waals surface area contributed by atoms with Crippen LogP contribution in [-0.4, -0.2) is 71.0 Å². The van der Waals surface area contributed by atoms with Crippen molar-refractivity contribution in [3.63, 3.8) is 0 Å². The van der Waals surface area contributed by atoms with Crippen molar-refractivity contribution >= 4 is 23.6 Å². The van der Waals surface area contributed by atoms with Crippen LogP contribution in [0.4, 0.5) is 10.5 Å². The summed E-state index contributed by atoms with van der Waals surface area (Å²) in [7, 11) is 1.71. The quantitative estimate of drug-likeness (QED) is 0.776.